The Morgan fingerprint density at radius 2 is 2.00 bits per heavy atom. The average molecular weight is 188 g/mol. The minimum absolute atomic E-state index is 0.724. The molecule has 0 saturated heterocycles. The molecule has 0 aromatic rings. The predicted octanol–water partition coefficient (Wildman–Crippen LogP) is 3.49. The largest absolute Gasteiger partial charge is 0.0848 e. The quantitative estimate of drug-likeness (QED) is 0.403. The van der Waals surface area contributed by atoms with Gasteiger partial charge in [0.2, 0.25) is 0 Å². The van der Waals surface area contributed by atoms with E-state index in [4.69, 9.17) is 0 Å². The molecule has 14 heavy (non-hydrogen) atoms. The molecule has 0 aromatic carbocycles. The Labute approximate surface area is 86.8 Å². The zero-order valence-electron chi connectivity index (χ0n) is 9.24. The number of fused-ring (bicyclic) bond motifs is 9. The summed E-state index contributed by atoms with van der Waals surface area (Å²) in [5.41, 5.74) is 0.724. The minimum Gasteiger partial charge on any atom is -0.0848 e. The van der Waals surface area contributed by atoms with E-state index in [9.17, 15) is 0 Å². The fourth-order valence-corrected chi connectivity index (χ4v) is 6.00. The van der Waals surface area contributed by atoms with E-state index in [1.807, 2.05) is 0 Å². The summed E-state index contributed by atoms with van der Waals surface area (Å²) in [5, 5.41) is 0. The normalized spacial score (nSPS) is 67.9. The number of allylic oxidation sites excluding steroid dienone is 2. The van der Waals surface area contributed by atoms with Crippen molar-refractivity contribution < 1.29 is 0 Å². The van der Waals surface area contributed by atoms with Gasteiger partial charge in [-0.05, 0) is 60.2 Å². The summed E-state index contributed by atoms with van der Waals surface area (Å²) in [7, 11) is 0. The van der Waals surface area contributed by atoms with Gasteiger partial charge in [0.15, 0.2) is 0 Å². The van der Waals surface area contributed by atoms with Crippen molar-refractivity contribution in [3.05, 3.63) is 12.2 Å². The molecule has 3 saturated carbocycles. The molecule has 0 amide bonds. The number of hydrogen-bond acceptors (Lipinski definition) is 0. The summed E-state index contributed by atoms with van der Waals surface area (Å²) >= 11 is 0. The molecule has 7 unspecified atom stereocenters. The van der Waals surface area contributed by atoms with E-state index < -0.39 is 0 Å². The van der Waals surface area contributed by atoms with E-state index in [1.165, 1.54) is 6.42 Å². The molecule has 0 N–H and O–H groups in total. The number of hydrogen-bond donors (Lipinski definition) is 0. The first-order valence-electron chi connectivity index (χ1n) is 6.39. The molecule has 76 valence electrons. The van der Waals surface area contributed by atoms with Gasteiger partial charge in [-0.3, -0.25) is 0 Å². The van der Waals surface area contributed by atoms with E-state index in [0.29, 0.717) is 0 Å². The maximum atomic E-state index is 2.62. The second-order valence-electron chi connectivity index (χ2n) is 6.60. The van der Waals surface area contributed by atoms with Crippen molar-refractivity contribution >= 4 is 0 Å². The molecular weight excluding hydrogens is 168 g/mol. The molecule has 4 aliphatic rings. The first kappa shape index (κ1) is 7.96. The van der Waals surface area contributed by atoms with Gasteiger partial charge in [0.25, 0.3) is 0 Å². The third-order valence-electron chi connectivity index (χ3n) is 6.32. The van der Waals surface area contributed by atoms with Gasteiger partial charge in [-0.15, -0.1) is 0 Å². The lowest BCUT2D eigenvalue weighted by atomic mass is 9.59. The smallest absolute Gasteiger partial charge is 0.0168 e. The fraction of sp³-hybridized carbons (Fsp3) is 0.857. The van der Waals surface area contributed by atoms with Gasteiger partial charge < -0.3 is 0 Å². The molecular formula is C14H20. The van der Waals surface area contributed by atoms with Gasteiger partial charge in [0, 0.05) is 0 Å². The van der Waals surface area contributed by atoms with Crippen LogP contribution in [0.3, 0.4) is 0 Å². The molecule has 0 radical (unpaired) electrons. The molecule has 4 bridgehead atoms. The Kier molecular flexibility index (Phi) is 1.21. The SMILES string of the molecule is CC1CC2CC1C1(C)C3C=CC(C3)C21. The van der Waals surface area contributed by atoms with Crippen LogP contribution >= 0.6 is 0 Å². The molecule has 0 heteroatoms. The zero-order chi connectivity index (χ0) is 9.50. The molecule has 7 atom stereocenters. The van der Waals surface area contributed by atoms with Crippen LogP contribution in [-0.2, 0) is 0 Å². The van der Waals surface area contributed by atoms with Gasteiger partial charge >= 0.3 is 0 Å². The van der Waals surface area contributed by atoms with Crippen LogP contribution in [0.15, 0.2) is 12.2 Å². The Bertz CT molecular complexity index is 316. The summed E-state index contributed by atoms with van der Waals surface area (Å²) in [6.07, 6.45) is 9.71. The lowest BCUT2D eigenvalue weighted by Crippen LogP contribution is -2.39. The summed E-state index contributed by atoms with van der Waals surface area (Å²) < 4.78 is 0. The summed E-state index contributed by atoms with van der Waals surface area (Å²) in [6, 6.07) is 0. The lowest BCUT2D eigenvalue weighted by molar-refractivity contribution is 0.0525. The van der Waals surface area contributed by atoms with Crippen molar-refractivity contribution in [3.63, 3.8) is 0 Å². The van der Waals surface area contributed by atoms with Crippen LogP contribution in [0.1, 0.15) is 33.1 Å². The maximum absolute atomic E-state index is 2.62. The maximum Gasteiger partial charge on any atom is -0.0168 e. The second-order valence-corrected chi connectivity index (χ2v) is 6.60. The summed E-state index contributed by atoms with van der Waals surface area (Å²) in [4.78, 5) is 0. The van der Waals surface area contributed by atoms with Crippen LogP contribution in [-0.4, -0.2) is 0 Å². The summed E-state index contributed by atoms with van der Waals surface area (Å²) in [5.74, 6) is 6.20. The third-order valence-corrected chi connectivity index (χ3v) is 6.32. The highest BCUT2D eigenvalue weighted by Crippen LogP contribution is 2.73. The molecule has 0 aliphatic heterocycles. The van der Waals surface area contributed by atoms with Crippen molar-refractivity contribution in [2.45, 2.75) is 33.1 Å². The highest BCUT2D eigenvalue weighted by molar-refractivity contribution is 5.25. The van der Waals surface area contributed by atoms with Crippen molar-refractivity contribution in [3.8, 4) is 0 Å². The van der Waals surface area contributed by atoms with Gasteiger partial charge in [-0.25, -0.2) is 0 Å². The van der Waals surface area contributed by atoms with Crippen molar-refractivity contribution in [1.82, 2.24) is 0 Å². The highest BCUT2D eigenvalue weighted by Gasteiger charge is 2.66. The topological polar surface area (TPSA) is 0 Å². The lowest BCUT2D eigenvalue weighted by Gasteiger charge is -2.45. The molecule has 4 rings (SSSR count). The third kappa shape index (κ3) is 0.620. The Morgan fingerprint density at radius 1 is 1.14 bits per heavy atom. The van der Waals surface area contributed by atoms with E-state index in [-0.39, 0.29) is 0 Å². The zero-order valence-corrected chi connectivity index (χ0v) is 9.24. The fourth-order valence-electron chi connectivity index (χ4n) is 6.00. The molecule has 3 fully saturated rings. The average Bonchev–Trinajstić information content (AvgIpc) is 2.78. The van der Waals surface area contributed by atoms with E-state index in [2.05, 4.69) is 26.0 Å². The van der Waals surface area contributed by atoms with Gasteiger partial charge in [-0.2, -0.15) is 0 Å². The minimum atomic E-state index is 0.724. The van der Waals surface area contributed by atoms with Crippen molar-refractivity contribution in [2.24, 2.45) is 40.9 Å². The summed E-state index contributed by atoms with van der Waals surface area (Å²) in [6.45, 7) is 5.12. The van der Waals surface area contributed by atoms with Gasteiger partial charge in [0.05, 0.1) is 0 Å². The monoisotopic (exact) mass is 188 g/mol. The van der Waals surface area contributed by atoms with Crippen LogP contribution in [0.2, 0.25) is 0 Å². The highest BCUT2D eigenvalue weighted by atomic mass is 14.7. The van der Waals surface area contributed by atoms with Crippen LogP contribution in [0.5, 0.6) is 0 Å². The standard InChI is InChI=1S/C14H20/c1-8-5-10-7-12(8)14(2)11-4-3-9(6-11)13(10)14/h3-4,8-13H,5-7H2,1-2H3. The van der Waals surface area contributed by atoms with Crippen LogP contribution in [0, 0.1) is 40.9 Å². The first-order valence-corrected chi connectivity index (χ1v) is 6.39. The molecule has 0 nitrogen and oxygen atoms in total. The van der Waals surface area contributed by atoms with E-state index >= 15 is 0 Å². The van der Waals surface area contributed by atoms with E-state index in [0.717, 1.165) is 40.9 Å². The second kappa shape index (κ2) is 2.13. The van der Waals surface area contributed by atoms with Crippen molar-refractivity contribution in [2.75, 3.05) is 0 Å². The van der Waals surface area contributed by atoms with Crippen LogP contribution in [0.25, 0.3) is 0 Å². The Hall–Kier alpha value is -0.260. The number of rotatable bonds is 0. The van der Waals surface area contributed by atoms with Gasteiger partial charge in [-0.1, -0.05) is 26.0 Å². The molecule has 4 aliphatic carbocycles. The first-order chi connectivity index (χ1) is 6.71. The Balaban J connectivity index is 1.86. The molecule has 0 spiro atoms. The molecule has 0 aromatic heterocycles. The van der Waals surface area contributed by atoms with Crippen molar-refractivity contribution in [1.29, 1.82) is 0 Å². The molecule has 0 heterocycles. The van der Waals surface area contributed by atoms with Gasteiger partial charge in [0.1, 0.15) is 0 Å². The predicted molar refractivity (Wildman–Crippen MR) is 57.7 cm³/mol. The Morgan fingerprint density at radius 3 is 2.86 bits per heavy atom. The van der Waals surface area contributed by atoms with Crippen LogP contribution < -0.4 is 0 Å². The van der Waals surface area contributed by atoms with E-state index in [1.54, 1.807) is 12.8 Å². The van der Waals surface area contributed by atoms with Crippen LogP contribution in [0.4, 0.5) is 0 Å².